The highest BCUT2D eigenvalue weighted by Crippen LogP contribution is 2.47. The Labute approximate surface area is 312 Å². The van der Waals surface area contributed by atoms with Crippen molar-refractivity contribution in [1.82, 2.24) is 54.9 Å². The van der Waals surface area contributed by atoms with Crippen LogP contribution in [0, 0.1) is 0 Å². The molecular formula is C33H52FN11O9. The fraction of sp³-hybridized carbons (Fsp3) is 0.515. The number of ether oxygens (including phenoxy) is 5. The summed E-state index contributed by atoms with van der Waals surface area (Å²) < 4.78 is 38.3. The quantitative estimate of drug-likeness (QED) is 0.0297. The molecule has 300 valence electrons. The average molecular weight is 766 g/mol. The molecule has 1 aliphatic rings. The van der Waals surface area contributed by atoms with Gasteiger partial charge in [0.2, 0.25) is 11.8 Å². The maximum absolute atomic E-state index is 13.4. The predicted molar refractivity (Wildman–Crippen MR) is 194 cm³/mol. The van der Waals surface area contributed by atoms with E-state index in [0.717, 1.165) is 35.2 Å². The lowest BCUT2D eigenvalue weighted by molar-refractivity contribution is -0.121. The first-order valence-corrected chi connectivity index (χ1v) is 17.4. The van der Waals surface area contributed by atoms with Crippen molar-refractivity contribution in [2.75, 3.05) is 78.9 Å². The summed E-state index contributed by atoms with van der Waals surface area (Å²) in [6.07, 6.45) is 1.35. The average Bonchev–Trinajstić information content (AvgIpc) is 3.48. The van der Waals surface area contributed by atoms with Gasteiger partial charge in [-0.05, 0) is 59.7 Å². The van der Waals surface area contributed by atoms with Gasteiger partial charge in [-0.15, -0.1) is 4.48 Å². The first-order valence-electron chi connectivity index (χ1n) is 17.4. The maximum atomic E-state index is 13.4. The molecule has 3 rings (SSSR count). The summed E-state index contributed by atoms with van der Waals surface area (Å²) in [7, 11) is 3.25. The number of carbonyl (C=O) groups excluding carboxylic acids is 4. The number of rotatable bonds is 29. The SMILES string of the molecule is COCCCOCCNC(=O)CCCC(=O)Nc1ccc2c(c1)C(COC(=O)NNNNNNNNF)c1cccc(C(=O)NCCOCCCOC)c1-2. The topological polar surface area (TPSA) is 247 Å². The van der Waals surface area contributed by atoms with Gasteiger partial charge in [0.1, 0.15) is 6.61 Å². The number of halogens is 1. The van der Waals surface area contributed by atoms with Gasteiger partial charge in [-0.2, -0.15) is 33.2 Å². The van der Waals surface area contributed by atoms with Crippen molar-refractivity contribution in [3.05, 3.63) is 53.1 Å². The number of carbonyl (C=O) groups is 4. The summed E-state index contributed by atoms with van der Waals surface area (Å²) in [5.41, 5.74) is 20.6. The Bertz CT molecular complexity index is 1460. The second kappa shape index (κ2) is 26.4. The molecule has 0 aromatic heterocycles. The summed E-state index contributed by atoms with van der Waals surface area (Å²) in [6.45, 7) is 3.57. The number of fused-ring (bicyclic) bond motifs is 3. The van der Waals surface area contributed by atoms with Crippen molar-refractivity contribution in [3.8, 4) is 11.1 Å². The van der Waals surface area contributed by atoms with E-state index in [2.05, 4.69) is 49.1 Å². The lowest BCUT2D eigenvalue weighted by Crippen LogP contribution is -2.62. The van der Waals surface area contributed by atoms with Crippen LogP contribution >= 0.6 is 0 Å². The minimum absolute atomic E-state index is 0.113. The van der Waals surface area contributed by atoms with E-state index in [1.165, 1.54) is 0 Å². The van der Waals surface area contributed by atoms with Crippen LogP contribution in [0.1, 0.15) is 59.5 Å². The molecule has 54 heavy (non-hydrogen) atoms. The molecule has 0 heterocycles. The van der Waals surface area contributed by atoms with E-state index in [4.69, 9.17) is 23.7 Å². The molecule has 0 fully saturated rings. The molecule has 0 aliphatic heterocycles. The third-order valence-corrected chi connectivity index (χ3v) is 7.78. The standard InChI is InChI=1S/C33H52FN11O9/c1-50-15-5-17-52-19-13-35-29(46)9-4-10-30(47)37-23-11-12-25-27(21-23)28(22-54-33(49)38-40-42-44-45-43-41-39-34)24-7-3-8-26(31(24)25)32(48)36-14-20-53-18-6-16-51-2/h3,7-8,11-12,21,28,39-45H,4-6,9-10,13-20,22H2,1-2H3,(H,35,46)(H,36,48)(H,37,47)(H,38,49). The van der Waals surface area contributed by atoms with Gasteiger partial charge in [0, 0.05) is 83.7 Å². The molecule has 0 saturated carbocycles. The number of methoxy groups -OCH3 is 2. The zero-order valence-corrected chi connectivity index (χ0v) is 30.5. The lowest BCUT2D eigenvalue weighted by atomic mass is 9.96. The van der Waals surface area contributed by atoms with Crippen molar-refractivity contribution in [2.24, 2.45) is 0 Å². The molecular weight excluding hydrogens is 713 g/mol. The molecule has 2 aromatic carbocycles. The van der Waals surface area contributed by atoms with E-state index in [1.807, 2.05) is 17.7 Å². The monoisotopic (exact) mass is 765 g/mol. The molecule has 0 radical (unpaired) electrons. The second-order valence-electron chi connectivity index (χ2n) is 11.6. The van der Waals surface area contributed by atoms with Gasteiger partial charge >= 0.3 is 6.09 Å². The molecule has 1 unspecified atom stereocenters. The van der Waals surface area contributed by atoms with Crippen LogP contribution in [0.15, 0.2) is 36.4 Å². The predicted octanol–water partition coefficient (Wildman–Crippen LogP) is 0.00280. The highest BCUT2D eigenvalue weighted by molar-refractivity contribution is 6.04. The van der Waals surface area contributed by atoms with Crippen molar-refractivity contribution in [3.63, 3.8) is 0 Å². The Kier molecular flexibility index (Phi) is 21.5. The van der Waals surface area contributed by atoms with E-state index < -0.39 is 12.0 Å². The number of benzene rings is 2. The van der Waals surface area contributed by atoms with Gasteiger partial charge < -0.3 is 39.6 Å². The van der Waals surface area contributed by atoms with Gasteiger partial charge in [-0.1, -0.05) is 23.8 Å². The fourth-order valence-corrected chi connectivity index (χ4v) is 5.41. The lowest BCUT2D eigenvalue weighted by Gasteiger charge is -2.16. The number of hydrazine groups is 7. The number of amides is 4. The highest BCUT2D eigenvalue weighted by Gasteiger charge is 2.33. The third kappa shape index (κ3) is 15.9. The van der Waals surface area contributed by atoms with Gasteiger partial charge in [0.15, 0.2) is 0 Å². The summed E-state index contributed by atoms with van der Waals surface area (Å²) in [6, 6.07) is 10.7. The maximum Gasteiger partial charge on any atom is 0.422 e. The Hall–Kier alpha value is -4.39. The summed E-state index contributed by atoms with van der Waals surface area (Å²) in [5.74, 6) is -1.22. The molecule has 1 aliphatic carbocycles. The second-order valence-corrected chi connectivity index (χ2v) is 11.6. The van der Waals surface area contributed by atoms with E-state index in [9.17, 15) is 23.7 Å². The number of nitrogens with one attached hydrogen (secondary N) is 11. The van der Waals surface area contributed by atoms with Crippen LogP contribution in [0.25, 0.3) is 11.1 Å². The zero-order chi connectivity index (χ0) is 38.8. The minimum Gasteiger partial charge on any atom is -0.448 e. The van der Waals surface area contributed by atoms with Gasteiger partial charge in [-0.3, -0.25) is 14.4 Å². The Morgan fingerprint density at radius 2 is 1.37 bits per heavy atom. The van der Waals surface area contributed by atoms with Crippen LogP contribution in [0.5, 0.6) is 0 Å². The van der Waals surface area contributed by atoms with Crippen LogP contribution in [-0.4, -0.2) is 97.4 Å². The Morgan fingerprint density at radius 3 is 2.07 bits per heavy atom. The fourth-order valence-electron chi connectivity index (χ4n) is 5.41. The summed E-state index contributed by atoms with van der Waals surface area (Å²) in [4.78, 5) is 51.0. The van der Waals surface area contributed by atoms with Crippen LogP contribution in [0.3, 0.4) is 0 Å². The first kappa shape index (κ1) is 44.0. The Morgan fingerprint density at radius 1 is 0.704 bits per heavy atom. The largest absolute Gasteiger partial charge is 0.448 e. The molecule has 2 aromatic rings. The highest BCUT2D eigenvalue weighted by atomic mass is 19.2. The molecule has 0 bridgehead atoms. The van der Waals surface area contributed by atoms with Crippen LogP contribution in [0.2, 0.25) is 0 Å². The van der Waals surface area contributed by atoms with Crippen LogP contribution < -0.4 is 60.2 Å². The molecule has 20 nitrogen and oxygen atoms in total. The van der Waals surface area contributed by atoms with Crippen molar-refractivity contribution >= 4 is 29.5 Å². The first-order chi connectivity index (χ1) is 26.4. The van der Waals surface area contributed by atoms with E-state index >= 15 is 0 Å². The summed E-state index contributed by atoms with van der Waals surface area (Å²) >= 11 is 0. The molecule has 4 amide bonds. The normalized spacial score (nSPS) is 12.8. The van der Waals surface area contributed by atoms with Crippen LogP contribution in [0.4, 0.5) is 15.0 Å². The Balaban J connectivity index is 1.62. The minimum atomic E-state index is -0.835. The van der Waals surface area contributed by atoms with Crippen LogP contribution in [-0.2, 0) is 33.3 Å². The van der Waals surface area contributed by atoms with E-state index in [1.54, 1.807) is 38.5 Å². The number of anilines is 1. The molecule has 0 saturated heterocycles. The zero-order valence-electron chi connectivity index (χ0n) is 30.5. The smallest absolute Gasteiger partial charge is 0.422 e. The van der Waals surface area contributed by atoms with E-state index in [-0.39, 0.29) is 37.2 Å². The molecule has 21 heteroatoms. The van der Waals surface area contributed by atoms with Gasteiger partial charge in [-0.25, -0.2) is 10.2 Å². The summed E-state index contributed by atoms with van der Waals surface area (Å²) in [5, 5.41) is 8.57. The number of hydrogen-bond acceptors (Lipinski definition) is 16. The van der Waals surface area contributed by atoms with Crippen molar-refractivity contribution in [2.45, 2.75) is 38.0 Å². The molecule has 11 N–H and O–H groups in total. The van der Waals surface area contributed by atoms with E-state index in [0.29, 0.717) is 76.0 Å². The van der Waals surface area contributed by atoms with Crippen molar-refractivity contribution in [1.29, 1.82) is 0 Å². The third-order valence-electron chi connectivity index (χ3n) is 7.78. The van der Waals surface area contributed by atoms with Crippen molar-refractivity contribution < 1.29 is 47.3 Å². The molecule has 0 spiro atoms. The van der Waals surface area contributed by atoms with Gasteiger partial charge in [0.05, 0.1) is 13.2 Å². The molecule has 1 atom stereocenters. The number of hydrogen-bond donors (Lipinski definition) is 11. The van der Waals surface area contributed by atoms with Gasteiger partial charge in [0.25, 0.3) is 5.91 Å².